The van der Waals surface area contributed by atoms with E-state index in [0.29, 0.717) is 27.5 Å². The first-order valence-electron chi connectivity index (χ1n) is 12.4. The number of nitro benzene ring substituents is 1. The second-order valence-electron chi connectivity index (χ2n) is 10.1. The predicted molar refractivity (Wildman–Crippen MR) is 156 cm³/mol. The van der Waals surface area contributed by atoms with E-state index >= 15 is 0 Å². The maximum Gasteiger partial charge on any atom is 0.274 e. The van der Waals surface area contributed by atoms with Crippen LogP contribution in [0.1, 0.15) is 37.5 Å². The Labute approximate surface area is 232 Å². The van der Waals surface area contributed by atoms with Gasteiger partial charge in [-0.25, -0.2) is 4.98 Å². The molecule has 4 aromatic rings. The third-order valence-electron chi connectivity index (χ3n) is 6.26. The molecular formula is C31H28N4O3S. The highest BCUT2D eigenvalue weighted by Gasteiger charge is 2.19. The van der Waals surface area contributed by atoms with Crippen LogP contribution in [0.4, 0.5) is 11.4 Å². The molecule has 0 aliphatic rings. The number of amides is 1. The van der Waals surface area contributed by atoms with E-state index in [4.69, 9.17) is 4.98 Å². The lowest BCUT2D eigenvalue weighted by atomic mass is 9.86. The zero-order valence-electron chi connectivity index (χ0n) is 22.2. The fourth-order valence-electron chi connectivity index (χ4n) is 4.08. The molecule has 0 saturated carbocycles. The minimum absolute atomic E-state index is 0.00369. The fraction of sp³-hybridized carbons (Fsp3) is 0.194. The summed E-state index contributed by atoms with van der Waals surface area (Å²) in [5.41, 5.74) is 5.57. The zero-order valence-corrected chi connectivity index (χ0v) is 23.0. The molecule has 0 saturated heterocycles. The van der Waals surface area contributed by atoms with Crippen molar-refractivity contribution in [3.05, 3.63) is 106 Å². The Bertz CT molecular complexity index is 1570. The van der Waals surface area contributed by atoms with E-state index in [0.717, 1.165) is 28.5 Å². The number of carbonyl (C=O) groups excluding carboxylic acids is 1. The average molecular weight is 537 g/mol. The summed E-state index contributed by atoms with van der Waals surface area (Å²) in [6, 6.07) is 26.6. The normalized spacial score (nSPS) is 11.1. The predicted octanol–water partition coefficient (Wildman–Crippen LogP) is 7.53. The third-order valence-corrected chi connectivity index (χ3v) is 7.23. The molecular weight excluding hydrogens is 508 g/mol. The molecule has 0 fully saturated rings. The van der Waals surface area contributed by atoms with Crippen LogP contribution in [0, 0.1) is 28.4 Å². The number of hydrogen-bond donors (Lipinski definition) is 1. The monoisotopic (exact) mass is 536 g/mol. The highest BCUT2D eigenvalue weighted by molar-refractivity contribution is 8.00. The van der Waals surface area contributed by atoms with Crippen LogP contribution in [0.15, 0.2) is 83.9 Å². The average Bonchev–Trinajstić information content (AvgIpc) is 2.92. The smallest absolute Gasteiger partial charge is 0.274 e. The fourth-order valence-corrected chi connectivity index (χ4v) is 4.89. The van der Waals surface area contributed by atoms with Gasteiger partial charge in [0.05, 0.1) is 21.9 Å². The lowest BCUT2D eigenvalue weighted by Crippen LogP contribution is -2.14. The van der Waals surface area contributed by atoms with Gasteiger partial charge in [0, 0.05) is 28.4 Å². The van der Waals surface area contributed by atoms with Crippen molar-refractivity contribution in [3.63, 3.8) is 0 Å². The van der Waals surface area contributed by atoms with E-state index in [2.05, 4.69) is 44.3 Å². The van der Waals surface area contributed by atoms with Crippen LogP contribution in [0.25, 0.3) is 22.4 Å². The quantitative estimate of drug-likeness (QED) is 0.148. The molecule has 0 spiro atoms. The number of carbonyl (C=O) groups is 1. The molecule has 39 heavy (non-hydrogen) atoms. The van der Waals surface area contributed by atoms with Gasteiger partial charge in [0.2, 0.25) is 5.91 Å². The Morgan fingerprint density at radius 2 is 1.72 bits per heavy atom. The van der Waals surface area contributed by atoms with E-state index in [1.54, 1.807) is 19.1 Å². The molecule has 8 heteroatoms. The van der Waals surface area contributed by atoms with Gasteiger partial charge in [-0.05, 0) is 35.6 Å². The topological polar surface area (TPSA) is 109 Å². The maximum atomic E-state index is 12.8. The molecule has 7 nitrogen and oxygen atoms in total. The van der Waals surface area contributed by atoms with Gasteiger partial charge in [0.15, 0.2) is 0 Å². The summed E-state index contributed by atoms with van der Waals surface area (Å²) in [4.78, 5) is 28.3. The van der Waals surface area contributed by atoms with Crippen molar-refractivity contribution in [3.8, 4) is 28.5 Å². The van der Waals surface area contributed by atoms with Gasteiger partial charge in [-0.1, -0.05) is 93.2 Å². The molecule has 0 aliphatic heterocycles. The van der Waals surface area contributed by atoms with E-state index < -0.39 is 4.92 Å². The van der Waals surface area contributed by atoms with Crippen molar-refractivity contribution in [1.29, 1.82) is 5.26 Å². The van der Waals surface area contributed by atoms with E-state index in [9.17, 15) is 20.2 Å². The zero-order chi connectivity index (χ0) is 28.2. The Hall–Kier alpha value is -4.48. The van der Waals surface area contributed by atoms with Crippen LogP contribution in [-0.2, 0) is 10.2 Å². The minimum Gasteiger partial charge on any atom is -0.325 e. The van der Waals surface area contributed by atoms with Crippen molar-refractivity contribution >= 4 is 29.0 Å². The van der Waals surface area contributed by atoms with Crippen molar-refractivity contribution < 1.29 is 9.72 Å². The molecule has 196 valence electrons. The highest BCUT2D eigenvalue weighted by atomic mass is 32.2. The number of nitrogens with zero attached hydrogens (tertiary/aromatic N) is 3. The summed E-state index contributed by atoms with van der Waals surface area (Å²) in [5.74, 6) is -0.380. The summed E-state index contributed by atoms with van der Waals surface area (Å²) in [5, 5.41) is 24.6. The highest BCUT2D eigenvalue weighted by Crippen LogP contribution is 2.35. The molecule has 1 amide bonds. The molecule has 1 aromatic heterocycles. The molecule has 3 aromatic carbocycles. The Balaban J connectivity index is 1.67. The number of nitriles is 1. The molecule has 1 N–H and O–H groups in total. The Kier molecular flexibility index (Phi) is 8.12. The maximum absolute atomic E-state index is 12.8. The minimum atomic E-state index is -0.479. The van der Waals surface area contributed by atoms with Crippen LogP contribution in [-0.4, -0.2) is 21.6 Å². The van der Waals surface area contributed by atoms with E-state index in [-0.39, 0.29) is 22.8 Å². The van der Waals surface area contributed by atoms with Crippen molar-refractivity contribution in [2.24, 2.45) is 0 Å². The first-order valence-corrected chi connectivity index (χ1v) is 13.3. The summed E-state index contributed by atoms with van der Waals surface area (Å²) in [6.45, 7) is 8.09. The molecule has 4 rings (SSSR count). The van der Waals surface area contributed by atoms with Gasteiger partial charge in [0.1, 0.15) is 11.1 Å². The number of anilines is 1. The first kappa shape index (κ1) is 27.6. The van der Waals surface area contributed by atoms with Crippen LogP contribution < -0.4 is 5.32 Å². The standard InChI is InChI=1S/C31H28N4O3S/c1-20-10-15-24(16-28(20)35(37)38)33-29(36)19-39-30-26(18-32)25(17-27(34-30)22-8-6-5-7-9-22)21-11-13-23(14-12-21)31(2,3)4/h5-17H,19H2,1-4H3,(H,33,36). The van der Waals surface area contributed by atoms with Gasteiger partial charge < -0.3 is 5.32 Å². The number of thioether (sulfide) groups is 1. The number of rotatable bonds is 7. The van der Waals surface area contributed by atoms with Crippen LogP contribution in [0.5, 0.6) is 0 Å². The Morgan fingerprint density at radius 1 is 1.03 bits per heavy atom. The number of hydrogen-bond acceptors (Lipinski definition) is 6. The first-order chi connectivity index (χ1) is 18.6. The number of nitro groups is 1. The molecule has 0 unspecified atom stereocenters. The van der Waals surface area contributed by atoms with E-state index in [1.165, 1.54) is 11.6 Å². The van der Waals surface area contributed by atoms with Gasteiger partial charge in [0.25, 0.3) is 5.69 Å². The number of pyridine rings is 1. The summed E-state index contributed by atoms with van der Waals surface area (Å²) < 4.78 is 0. The number of aryl methyl sites for hydroxylation is 1. The largest absolute Gasteiger partial charge is 0.325 e. The number of benzene rings is 3. The van der Waals surface area contributed by atoms with Gasteiger partial charge >= 0.3 is 0 Å². The molecule has 0 aliphatic carbocycles. The lowest BCUT2D eigenvalue weighted by Gasteiger charge is -2.19. The van der Waals surface area contributed by atoms with Gasteiger partial charge in [-0.3, -0.25) is 14.9 Å². The van der Waals surface area contributed by atoms with Crippen LogP contribution >= 0.6 is 11.8 Å². The molecule has 0 bridgehead atoms. The van der Waals surface area contributed by atoms with Crippen molar-refractivity contribution in [2.75, 3.05) is 11.1 Å². The van der Waals surface area contributed by atoms with Crippen molar-refractivity contribution in [2.45, 2.75) is 38.1 Å². The van der Waals surface area contributed by atoms with Crippen LogP contribution in [0.2, 0.25) is 0 Å². The summed E-state index contributed by atoms with van der Waals surface area (Å²) in [6.07, 6.45) is 0. The van der Waals surface area contributed by atoms with Crippen molar-refractivity contribution in [1.82, 2.24) is 4.98 Å². The second kappa shape index (κ2) is 11.5. The van der Waals surface area contributed by atoms with Gasteiger partial charge in [-0.15, -0.1) is 0 Å². The van der Waals surface area contributed by atoms with Crippen LogP contribution in [0.3, 0.4) is 0 Å². The molecule has 0 atom stereocenters. The third kappa shape index (κ3) is 6.51. The van der Waals surface area contributed by atoms with E-state index in [1.807, 2.05) is 48.5 Å². The molecule has 1 heterocycles. The Morgan fingerprint density at radius 3 is 2.33 bits per heavy atom. The summed E-state index contributed by atoms with van der Waals surface area (Å²) >= 11 is 1.16. The second-order valence-corrected chi connectivity index (χ2v) is 11.1. The van der Waals surface area contributed by atoms with Gasteiger partial charge in [-0.2, -0.15) is 5.26 Å². The SMILES string of the molecule is Cc1ccc(NC(=O)CSc2nc(-c3ccccc3)cc(-c3ccc(C(C)(C)C)cc3)c2C#N)cc1[N+](=O)[O-]. The summed E-state index contributed by atoms with van der Waals surface area (Å²) in [7, 11) is 0. The molecule has 0 radical (unpaired) electrons. The number of nitrogens with one attached hydrogen (secondary N) is 1. The lowest BCUT2D eigenvalue weighted by molar-refractivity contribution is -0.385. The number of aromatic nitrogens is 1.